The van der Waals surface area contributed by atoms with Crippen molar-refractivity contribution in [3.63, 3.8) is 0 Å². The lowest BCUT2D eigenvalue weighted by Crippen LogP contribution is -2.08. The van der Waals surface area contributed by atoms with E-state index in [1.54, 1.807) is 0 Å². The van der Waals surface area contributed by atoms with E-state index in [1.807, 2.05) is 0 Å². The summed E-state index contributed by atoms with van der Waals surface area (Å²) in [7, 11) is 0. The van der Waals surface area contributed by atoms with E-state index in [-0.39, 0.29) is 5.92 Å². The molecule has 0 aromatic rings. The second kappa shape index (κ2) is 2.23. The van der Waals surface area contributed by atoms with Gasteiger partial charge in [0.2, 0.25) is 0 Å². The third-order valence-corrected chi connectivity index (χ3v) is 3.45. The van der Waals surface area contributed by atoms with Crippen molar-refractivity contribution in [1.29, 1.82) is 0 Å². The van der Waals surface area contributed by atoms with E-state index >= 15 is 0 Å². The summed E-state index contributed by atoms with van der Waals surface area (Å²) in [5.41, 5.74) is 0. The molecular formula is C9H14O2. The van der Waals surface area contributed by atoms with E-state index in [0.717, 1.165) is 5.92 Å². The third-order valence-electron chi connectivity index (χ3n) is 3.45. The molecule has 4 atom stereocenters. The van der Waals surface area contributed by atoms with Crippen LogP contribution in [0.5, 0.6) is 0 Å². The number of aliphatic carboxylic acids is 1. The molecule has 11 heavy (non-hydrogen) atoms. The van der Waals surface area contributed by atoms with E-state index in [0.29, 0.717) is 11.8 Å². The minimum atomic E-state index is -0.557. The molecule has 0 heterocycles. The topological polar surface area (TPSA) is 37.3 Å². The van der Waals surface area contributed by atoms with Gasteiger partial charge < -0.3 is 5.11 Å². The van der Waals surface area contributed by atoms with Gasteiger partial charge in [0.05, 0.1) is 5.92 Å². The lowest BCUT2D eigenvalue weighted by Gasteiger charge is -2.08. The van der Waals surface area contributed by atoms with Gasteiger partial charge in [-0.25, -0.2) is 0 Å². The molecule has 62 valence electrons. The first-order valence-corrected chi connectivity index (χ1v) is 4.48. The number of carboxylic acid groups (broad SMARTS) is 1. The zero-order valence-electron chi connectivity index (χ0n) is 6.79. The van der Waals surface area contributed by atoms with Gasteiger partial charge in [-0.1, -0.05) is 13.3 Å². The number of hydrogen-bond donors (Lipinski definition) is 1. The predicted molar refractivity (Wildman–Crippen MR) is 41.1 cm³/mol. The highest BCUT2D eigenvalue weighted by atomic mass is 16.4. The summed E-state index contributed by atoms with van der Waals surface area (Å²) < 4.78 is 0. The van der Waals surface area contributed by atoms with Gasteiger partial charge >= 0.3 is 5.97 Å². The molecule has 2 saturated carbocycles. The Bertz CT molecular complexity index is 188. The highest BCUT2D eigenvalue weighted by Crippen LogP contribution is 2.61. The van der Waals surface area contributed by atoms with Gasteiger partial charge in [0.25, 0.3) is 0 Å². The van der Waals surface area contributed by atoms with Gasteiger partial charge in [-0.05, 0) is 30.6 Å². The Morgan fingerprint density at radius 3 is 2.73 bits per heavy atom. The molecule has 2 fully saturated rings. The first-order valence-electron chi connectivity index (χ1n) is 4.48. The first-order chi connectivity index (χ1) is 5.25. The number of carboxylic acids is 1. The Morgan fingerprint density at radius 2 is 2.27 bits per heavy atom. The van der Waals surface area contributed by atoms with E-state index in [4.69, 9.17) is 5.11 Å². The molecule has 0 aromatic heterocycles. The van der Waals surface area contributed by atoms with Gasteiger partial charge in [0.15, 0.2) is 0 Å². The molecule has 2 rings (SSSR count). The Balaban J connectivity index is 2.01. The average molecular weight is 154 g/mol. The SMILES string of the molecule is CCC1CCC2C(C(=O)O)C12. The van der Waals surface area contributed by atoms with Crippen molar-refractivity contribution in [1.82, 2.24) is 0 Å². The fourth-order valence-corrected chi connectivity index (χ4v) is 2.84. The summed E-state index contributed by atoms with van der Waals surface area (Å²) in [5.74, 6) is 1.31. The highest BCUT2D eigenvalue weighted by molar-refractivity contribution is 5.74. The van der Waals surface area contributed by atoms with Crippen LogP contribution < -0.4 is 0 Å². The normalized spacial score (nSPS) is 47.0. The molecule has 2 aliphatic carbocycles. The fraction of sp³-hybridized carbons (Fsp3) is 0.889. The number of hydrogen-bond acceptors (Lipinski definition) is 1. The minimum absolute atomic E-state index is 0.0358. The van der Waals surface area contributed by atoms with Crippen LogP contribution in [-0.4, -0.2) is 11.1 Å². The summed E-state index contributed by atoms with van der Waals surface area (Å²) in [4.78, 5) is 10.6. The van der Waals surface area contributed by atoms with Gasteiger partial charge in [-0.2, -0.15) is 0 Å². The molecule has 1 N–H and O–H groups in total. The Kier molecular flexibility index (Phi) is 1.44. The van der Waals surface area contributed by atoms with Crippen molar-refractivity contribution >= 4 is 5.97 Å². The van der Waals surface area contributed by atoms with Crippen molar-refractivity contribution in [3.05, 3.63) is 0 Å². The Labute approximate surface area is 66.6 Å². The van der Waals surface area contributed by atoms with E-state index in [9.17, 15) is 4.79 Å². The molecule has 0 spiro atoms. The van der Waals surface area contributed by atoms with Gasteiger partial charge in [0, 0.05) is 0 Å². The molecule has 0 aromatic carbocycles. The predicted octanol–water partition coefficient (Wildman–Crippen LogP) is 1.75. The van der Waals surface area contributed by atoms with E-state index < -0.39 is 5.97 Å². The zero-order valence-corrected chi connectivity index (χ0v) is 6.79. The fourth-order valence-electron chi connectivity index (χ4n) is 2.84. The standard InChI is InChI=1S/C9H14O2/c1-2-5-3-4-6-7(5)8(6)9(10)11/h5-8H,2-4H2,1H3,(H,10,11). The van der Waals surface area contributed by atoms with Crippen molar-refractivity contribution < 1.29 is 9.90 Å². The van der Waals surface area contributed by atoms with Crippen LogP contribution in [0.3, 0.4) is 0 Å². The van der Waals surface area contributed by atoms with Crippen LogP contribution >= 0.6 is 0 Å². The van der Waals surface area contributed by atoms with Crippen LogP contribution in [0.2, 0.25) is 0 Å². The lowest BCUT2D eigenvalue weighted by atomic mass is 9.97. The molecule has 0 amide bonds. The second-order valence-electron chi connectivity index (χ2n) is 3.85. The van der Waals surface area contributed by atoms with Crippen LogP contribution in [0.25, 0.3) is 0 Å². The van der Waals surface area contributed by atoms with Gasteiger partial charge in [-0.15, -0.1) is 0 Å². The molecule has 0 aliphatic heterocycles. The van der Waals surface area contributed by atoms with Crippen LogP contribution in [0.4, 0.5) is 0 Å². The second-order valence-corrected chi connectivity index (χ2v) is 3.85. The molecule has 2 aliphatic rings. The molecule has 0 saturated heterocycles. The summed E-state index contributed by atoms with van der Waals surface area (Å²) in [5, 5.41) is 8.77. The average Bonchev–Trinajstić information content (AvgIpc) is 2.55. The van der Waals surface area contributed by atoms with Crippen LogP contribution in [0.15, 0.2) is 0 Å². The van der Waals surface area contributed by atoms with Gasteiger partial charge in [-0.3, -0.25) is 4.79 Å². The van der Waals surface area contributed by atoms with Crippen LogP contribution in [-0.2, 0) is 4.79 Å². The van der Waals surface area contributed by atoms with Crippen molar-refractivity contribution in [2.45, 2.75) is 26.2 Å². The van der Waals surface area contributed by atoms with Crippen molar-refractivity contribution in [3.8, 4) is 0 Å². The summed E-state index contributed by atoms with van der Waals surface area (Å²) in [6, 6.07) is 0. The number of rotatable bonds is 2. The quantitative estimate of drug-likeness (QED) is 0.658. The number of fused-ring (bicyclic) bond motifs is 1. The van der Waals surface area contributed by atoms with E-state index in [2.05, 4.69) is 6.92 Å². The monoisotopic (exact) mass is 154 g/mol. The Morgan fingerprint density at radius 1 is 1.55 bits per heavy atom. The van der Waals surface area contributed by atoms with Crippen LogP contribution in [0, 0.1) is 23.7 Å². The van der Waals surface area contributed by atoms with Crippen molar-refractivity contribution in [2.24, 2.45) is 23.7 Å². The third kappa shape index (κ3) is 0.883. The lowest BCUT2D eigenvalue weighted by molar-refractivity contribution is -0.139. The molecule has 2 nitrogen and oxygen atoms in total. The van der Waals surface area contributed by atoms with Crippen molar-refractivity contribution in [2.75, 3.05) is 0 Å². The molecule has 0 radical (unpaired) electrons. The van der Waals surface area contributed by atoms with E-state index in [1.165, 1.54) is 19.3 Å². The highest BCUT2D eigenvalue weighted by Gasteiger charge is 2.60. The maximum atomic E-state index is 10.6. The summed E-state index contributed by atoms with van der Waals surface area (Å²) in [6.45, 7) is 2.17. The summed E-state index contributed by atoms with van der Waals surface area (Å²) in [6.07, 6.45) is 3.61. The van der Waals surface area contributed by atoms with Crippen LogP contribution in [0.1, 0.15) is 26.2 Å². The maximum Gasteiger partial charge on any atom is 0.307 e. The summed E-state index contributed by atoms with van der Waals surface area (Å²) >= 11 is 0. The smallest absolute Gasteiger partial charge is 0.307 e. The largest absolute Gasteiger partial charge is 0.481 e. The maximum absolute atomic E-state index is 10.6. The number of carbonyl (C=O) groups is 1. The minimum Gasteiger partial charge on any atom is -0.481 e. The van der Waals surface area contributed by atoms with Gasteiger partial charge in [0.1, 0.15) is 0 Å². The zero-order chi connectivity index (χ0) is 8.01. The first kappa shape index (κ1) is 7.14. The Hall–Kier alpha value is -0.530. The molecule has 4 unspecified atom stereocenters. The molecule has 0 bridgehead atoms. The molecule has 2 heteroatoms. The molecular weight excluding hydrogens is 140 g/mol.